The zero-order valence-electron chi connectivity index (χ0n) is 29.8. The lowest BCUT2D eigenvalue weighted by Crippen LogP contribution is -2.32. The Kier molecular flexibility index (Phi) is 23.1. The number of unbranched alkanes of at least 4 members (excludes halogenated alkanes) is 1. The predicted octanol–water partition coefficient (Wildman–Crippen LogP) is 8.85. The molecule has 6 atom stereocenters. The molecule has 0 saturated heterocycles. The summed E-state index contributed by atoms with van der Waals surface area (Å²) in [5.41, 5.74) is 2.40. The van der Waals surface area contributed by atoms with Crippen molar-refractivity contribution in [3.8, 4) is 0 Å². The highest BCUT2D eigenvalue weighted by Crippen LogP contribution is 2.19. The third kappa shape index (κ3) is 20.6. The van der Waals surface area contributed by atoms with Crippen LogP contribution in [-0.4, -0.2) is 50.4 Å². The van der Waals surface area contributed by atoms with Crippen LogP contribution in [0.15, 0.2) is 156 Å². The lowest BCUT2D eigenvalue weighted by Gasteiger charge is -2.25. The fraction of sp³-hybridized carbons (Fsp3) is 0.349. The zero-order chi connectivity index (χ0) is 36.3. The summed E-state index contributed by atoms with van der Waals surface area (Å²) in [5.74, 6) is -1.37. The maximum Gasteiger partial charge on any atom is 0.331 e. The van der Waals surface area contributed by atoms with Crippen molar-refractivity contribution in [2.75, 3.05) is 0 Å². The third-order valence-corrected chi connectivity index (χ3v) is 8.01. The maximum absolute atomic E-state index is 10.7. The average molecular weight is 668 g/mol. The Morgan fingerprint density at radius 3 is 1.90 bits per heavy atom. The molecule has 0 aliphatic carbocycles. The van der Waals surface area contributed by atoms with Crippen molar-refractivity contribution in [3.05, 3.63) is 157 Å². The van der Waals surface area contributed by atoms with E-state index in [-0.39, 0.29) is 23.3 Å². The summed E-state index contributed by atoms with van der Waals surface area (Å²) in [6, 6.07) is 10.1. The number of carboxylic acids is 1. The molecule has 1 aromatic carbocycles. The summed E-state index contributed by atoms with van der Waals surface area (Å²) in [5, 5.41) is 40.5. The molecule has 49 heavy (non-hydrogen) atoms. The lowest BCUT2D eigenvalue weighted by molar-refractivity contribution is -0.132. The minimum Gasteiger partial charge on any atom is -0.478 e. The van der Waals surface area contributed by atoms with Crippen molar-refractivity contribution in [1.29, 1.82) is 0 Å². The molecule has 264 valence electrons. The van der Waals surface area contributed by atoms with Crippen molar-refractivity contribution in [2.45, 2.75) is 78.7 Å². The van der Waals surface area contributed by atoms with Crippen LogP contribution in [0.5, 0.6) is 0 Å². The van der Waals surface area contributed by atoms with Gasteiger partial charge >= 0.3 is 5.97 Å². The first-order valence-electron chi connectivity index (χ1n) is 17.0. The molecule has 0 saturated carbocycles. The molecule has 4 N–H and O–H groups in total. The molecule has 0 bridgehead atoms. The molecule has 6 unspecified atom stereocenters. The second-order valence-electron chi connectivity index (χ2n) is 12.1. The molecule has 0 aliphatic heterocycles. The van der Waals surface area contributed by atoms with Gasteiger partial charge in [-0.05, 0) is 38.7 Å². The predicted molar refractivity (Wildman–Crippen MR) is 206 cm³/mol. The fourth-order valence-electron chi connectivity index (χ4n) is 4.40. The SMILES string of the molecule is CC(=NCc1ccccc1)C(C)C(O)C/C=C/C=C/C=C/C=C/C=C/C=C/C(O)C(C)C(O)C(C)/C=C/CC/C=C/C=C/C=C(\C)C(=O)O. The second-order valence-corrected chi connectivity index (χ2v) is 12.1. The smallest absolute Gasteiger partial charge is 0.331 e. The number of allylic oxidation sites excluding steroid dienone is 16. The summed E-state index contributed by atoms with van der Waals surface area (Å²) in [6.45, 7) is 9.93. The molecular weight excluding hydrogens is 610 g/mol. The number of rotatable bonds is 22. The van der Waals surface area contributed by atoms with E-state index >= 15 is 0 Å². The van der Waals surface area contributed by atoms with Gasteiger partial charge in [0.25, 0.3) is 0 Å². The first-order chi connectivity index (χ1) is 23.5. The summed E-state index contributed by atoms with van der Waals surface area (Å²) in [7, 11) is 0. The van der Waals surface area contributed by atoms with Gasteiger partial charge in [0.15, 0.2) is 0 Å². The number of aliphatic hydroxyl groups is 3. The number of aliphatic imine (C=N–C) groups is 1. The zero-order valence-corrected chi connectivity index (χ0v) is 29.8. The number of hydrogen-bond acceptors (Lipinski definition) is 5. The van der Waals surface area contributed by atoms with Gasteiger partial charge in [-0.3, -0.25) is 4.99 Å². The molecule has 0 spiro atoms. The first-order valence-corrected chi connectivity index (χ1v) is 17.0. The average Bonchev–Trinajstić information content (AvgIpc) is 3.10. The third-order valence-electron chi connectivity index (χ3n) is 8.01. The standard InChI is InChI=1S/C43H57NO5/c1-34(27-21-16-12-11-13-17-22-28-35(2)43(48)49)42(47)37(4)41(46)32-26-19-15-10-8-6-7-9-14-18-25-31-40(45)36(3)38(5)44-33-39-29-23-20-24-30-39/h6-11,13-15,17-30,32,34,36-37,40-42,45-47H,12,16,31,33H2,1-5H3,(H,48,49)/b7-6+,10-8+,13-11+,14-9+,19-15+,22-17+,25-18+,27-21+,32-26+,35-28+,44-38?. The minimum atomic E-state index is -0.927. The highest BCUT2D eigenvalue weighted by Gasteiger charge is 2.24. The Balaban J connectivity index is 2.32. The van der Waals surface area contributed by atoms with Crippen LogP contribution < -0.4 is 0 Å². The Hall–Kier alpha value is -4.36. The van der Waals surface area contributed by atoms with E-state index in [1.807, 2.05) is 131 Å². The van der Waals surface area contributed by atoms with E-state index in [1.165, 1.54) is 0 Å². The normalized spacial score (nSPS) is 17.7. The summed E-state index contributed by atoms with van der Waals surface area (Å²) >= 11 is 0. The van der Waals surface area contributed by atoms with E-state index in [1.54, 1.807) is 37.3 Å². The Morgan fingerprint density at radius 2 is 1.27 bits per heavy atom. The van der Waals surface area contributed by atoms with E-state index < -0.39 is 24.3 Å². The van der Waals surface area contributed by atoms with Crippen LogP contribution >= 0.6 is 0 Å². The topological polar surface area (TPSA) is 110 Å². The van der Waals surface area contributed by atoms with Gasteiger partial charge in [0.2, 0.25) is 0 Å². The van der Waals surface area contributed by atoms with E-state index in [9.17, 15) is 20.1 Å². The molecule has 1 rings (SSSR count). The van der Waals surface area contributed by atoms with Crippen LogP contribution in [0, 0.1) is 17.8 Å². The minimum absolute atomic E-state index is 0.0115. The van der Waals surface area contributed by atoms with Crippen molar-refractivity contribution in [2.24, 2.45) is 22.7 Å². The molecule has 0 radical (unpaired) electrons. The number of carbonyl (C=O) groups is 1. The van der Waals surface area contributed by atoms with Crippen LogP contribution in [0.4, 0.5) is 0 Å². The number of aliphatic carboxylic acids is 1. The van der Waals surface area contributed by atoms with Crippen LogP contribution in [0.1, 0.15) is 59.4 Å². The maximum atomic E-state index is 10.7. The van der Waals surface area contributed by atoms with E-state index in [0.717, 1.165) is 24.1 Å². The number of nitrogens with zero attached hydrogens (tertiary/aromatic N) is 1. The number of carboxylic acid groups (broad SMARTS) is 1. The number of aliphatic hydroxyl groups excluding tert-OH is 3. The number of benzene rings is 1. The number of hydrogen-bond donors (Lipinski definition) is 4. The van der Waals surface area contributed by atoms with Crippen molar-refractivity contribution in [3.63, 3.8) is 0 Å². The van der Waals surface area contributed by atoms with E-state index in [4.69, 9.17) is 5.11 Å². The van der Waals surface area contributed by atoms with Gasteiger partial charge in [0, 0.05) is 29.0 Å². The molecule has 6 nitrogen and oxygen atoms in total. The molecule has 0 aliphatic rings. The van der Waals surface area contributed by atoms with Crippen molar-refractivity contribution in [1.82, 2.24) is 0 Å². The lowest BCUT2D eigenvalue weighted by atomic mass is 9.88. The quantitative estimate of drug-likeness (QED) is 0.0325. The molecule has 0 aromatic heterocycles. The monoisotopic (exact) mass is 667 g/mol. The van der Waals surface area contributed by atoms with Crippen LogP contribution in [0.3, 0.4) is 0 Å². The van der Waals surface area contributed by atoms with Crippen molar-refractivity contribution >= 4 is 11.7 Å². The highest BCUT2D eigenvalue weighted by atomic mass is 16.4. The van der Waals surface area contributed by atoms with Gasteiger partial charge < -0.3 is 20.4 Å². The van der Waals surface area contributed by atoms with Crippen LogP contribution in [0.25, 0.3) is 0 Å². The van der Waals surface area contributed by atoms with Gasteiger partial charge in [-0.15, -0.1) is 0 Å². The van der Waals surface area contributed by atoms with E-state index in [2.05, 4.69) is 17.1 Å². The van der Waals surface area contributed by atoms with Gasteiger partial charge in [-0.1, -0.05) is 167 Å². The van der Waals surface area contributed by atoms with E-state index in [0.29, 0.717) is 13.0 Å². The summed E-state index contributed by atoms with van der Waals surface area (Å²) in [6.07, 6.45) is 35.7. The van der Waals surface area contributed by atoms with Gasteiger partial charge in [-0.2, -0.15) is 0 Å². The van der Waals surface area contributed by atoms with Crippen molar-refractivity contribution < 1.29 is 25.2 Å². The Bertz CT molecular complexity index is 1400. The molecular formula is C43H57NO5. The van der Waals surface area contributed by atoms with Gasteiger partial charge in [0.05, 0.1) is 24.9 Å². The molecule has 0 fully saturated rings. The largest absolute Gasteiger partial charge is 0.478 e. The van der Waals surface area contributed by atoms with Crippen LogP contribution in [-0.2, 0) is 11.3 Å². The molecule has 0 amide bonds. The van der Waals surface area contributed by atoms with Gasteiger partial charge in [0.1, 0.15) is 0 Å². The Labute approximate surface area is 294 Å². The second kappa shape index (κ2) is 26.6. The first kappa shape index (κ1) is 42.7. The molecule has 1 aromatic rings. The van der Waals surface area contributed by atoms with Crippen LogP contribution in [0.2, 0.25) is 0 Å². The summed E-state index contributed by atoms with van der Waals surface area (Å²) < 4.78 is 0. The highest BCUT2D eigenvalue weighted by molar-refractivity contribution is 5.86. The Morgan fingerprint density at radius 1 is 0.714 bits per heavy atom. The van der Waals surface area contributed by atoms with Gasteiger partial charge in [-0.25, -0.2) is 4.79 Å². The molecule has 0 heterocycles. The molecule has 6 heteroatoms. The fourth-order valence-corrected chi connectivity index (χ4v) is 4.40. The summed E-state index contributed by atoms with van der Waals surface area (Å²) in [4.78, 5) is 15.4.